The van der Waals surface area contributed by atoms with E-state index in [9.17, 15) is 0 Å². The zero-order valence-corrected chi connectivity index (χ0v) is 8.11. The summed E-state index contributed by atoms with van der Waals surface area (Å²) in [5, 5.41) is 3.32. The number of hydrogen-bond donors (Lipinski definition) is 1. The smallest absolute Gasteiger partial charge is 0.000746 e. The topological polar surface area (TPSA) is 12.0 Å². The molecule has 1 N–H and O–H groups in total. The standard InChI is InChI=1S/C10H21N/c1-4-9(5-2)10(6-7-10)8-11-3/h9,11H,4-8H2,1-3H3. The Morgan fingerprint density at radius 3 is 2.09 bits per heavy atom. The van der Waals surface area contributed by atoms with E-state index in [4.69, 9.17) is 0 Å². The fraction of sp³-hybridized carbons (Fsp3) is 1.00. The van der Waals surface area contributed by atoms with Crippen molar-refractivity contribution in [3.8, 4) is 0 Å². The van der Waals surface area contributed by atoms with Gasteiger partial charge in [-0.2, -0.15) is 0 Å². The Morgan fingerprint density at radius 2 is 1.82 bits per heavy atom. The summed E-state index contributed by atoms with van der Waals surface area (Å²) in [5.41, 5.74) is 0.707. The first-order valence-corrected chi connectivity index (χ1v) is 4.93. The van der Waals surface area contributed by atoms with Crippen LogP contribution in [0.2, 0.25) is 0 Å². The molecule has 1 rings (SSSR count). The molecule has 0 atom stereocenters. The molecule has 0 amide bonds. The van der Waals surface area contributed by atoms with E-state index in [-0.39, 0.29) is 0 Å². The van der Waals surface area contributed by atoms with Crippen molar-refractivity contribution in [1.29, 1.82) is 0 Å². The predicted molar refractivity (Wildman–Crippen MR) is 49.7 cm³/mol. The molecule has 1 aliphatic carbocycles. The molecule has 0 aromatic rings. The molecule has 1 heteroatoms. The average molecular weight is 155 g/mol. The maximum Gasteiger partial charge on any atom is 0.000746 e. The minimum absolute atomic E-state index is 0.707. The van der Waals surface area contributed by atoms with Crippen molar-refractivity contribution in [3.63, 3.8) is 0 Å². The Balaban J connectivity index is 2.41. The van der Waals surface area contributed by atoms with Crippen molar-refractivity contribution in [1.82, 2.24) is 5.32 Å². The molecule has 0 aliphatic heterocycles. The van der Waals surface area contributed by atoms with E-state index in [0.29, 0.717) is 5.41 Å². The summed E-state index contributed by atoms with van der Waals surface area (Å²) in [6, 6.07) is 0. The van der Waals surface area contributed by atoms with E-state index < -0.39 is 0 Å². The van der Waals surface area contributed by atoms with E-state index in [2.05, 4.69) is 26.2 Å². The second kappa shape index (κ2) is 3.57. The summed E-state index contributed by atoms with van der Waals surface area (Å²) in [4.78, 5) is 0. The summed E-state index contributed by atoms with van der Waals surface area (Å²) < 4.78 is 0. The van der Waals surface area contributed by atoms with Crippen molar-refractivity contribution >= 4 is 0 Å². The van der Waals surface area contributed by atoms with Crippen molar-refractivity contribution in [3.05, 3.63) is 0 Å². The largest absolute Gasteiger partial charge is 0.319 e. The Bertz CT molecular complexity index is 112. The summed E-state index contributed by atoms with van der Waals surface area (Å²) >= 11 is 0. The second-order valence-corrected chi connectivity index (χ2v) is 3.91. The Morgan fingerprint density at radius 1 is 1.27 bits per heavy atom. The van der Waals surface area contributed by atoms with Gasteiger partial charge in [-0.15, -0.1) is 0 Å². The molecular weight excluding hydrogens is 134 g/mol. The molecule has 0 heterocycles. The first-order valence-electron chi connectivity index (χ1n) is 4.93. The van der Waals surface area contributed by atoms with Gasteiger partial charge in [0.05, 0.1) is 0 Å². The van der Waals surface area contributed by atoms with Crippen LogP contribution in [0.4, 0.5) is 0 Å². The molecule has 11 heavy (non-hydrogen) atoms. The van der Waals surface area contributed by atoms with Crippen LogP contribution in [0.1, 0.15) is 39.5 Å². The van der Waals surface area contributed by atoms with Crippen molar-refractivity contribution in [2.24, 2.45) is 11.3 Å². The molecule has 66 valence electrons. The van der Waals surface area contributed by atoms with Gasteiger partial charge in [0.25, 0.3) is 0 Å². The molecule has 0 saturated heterocycles. The van der Waals surface area contributed by atoms with E-state index in [1.54, 1.807) is 0 Å². The molecule has 1 aliphatic rings. The predicted octanol–water partition coefficient (Wildman–Crippen LogP) is 2.42. The highest BCUT2D eigenvalue weighted by molar-refractivity contribution is 4.98. The molecular formula is C10H21N. The molecule has 0 spiro atoms. The van der Waals surface area contributed by atoms with Gasteiger partial charge in [-0.05, 0) is 31.2 Å². The van der Waals surface area contributed by atoms with Crippen LogP contribution in [0.15, 0.2) is 0 Å². The van der Waals surface area contributed by atoms with Gasteiger partial charge >= 0.3 is 0 Å². The zero-order chi connectivity index (χ0) is 8.32. The fourth-order valence-electron chi connectivity index (χ4n) is 2.40. The minimum Gasteiger partial charge on any atom is -0.319 e. The summed E-state index contributed by atoms with van der Waals surface area (Å²) in [6.07, 6.45) is 5.64. The van der Waals surface area contributed by atoms with Crippen molar-refractivity contribution in [2.45, 2.75) is 39.5 Å². The summed E-state index contributed by atoms with van der Waals surface area (Å²) in [6.45, 7) is 5.88. The average Bonchev–Trinajstić information content (AvgIpc) is 2.73. The fourth-order valence-corrected chi connectivity index (χ4v) is 2.40. The lowest BCUT2D eigenvalue weighted by Crippen LogP contribution is -2.26. The molecule has 0 aromatic heterocycles. The molecule has 1 nitrogen and oxygen atoms in total. The van der Waals surface area contributed by atoms with Gasteiger partial charge in [-0.3, -0.25) is 0 Å². The van der Waals surface area contributed by atoms with Crippen LogP contribution >= 0.6 is 0 Å². The summed E-state index contributed by atoms with van der Waals surface area (Å²) in [5.74, 6) is 0.968. The SMILES string of the molecule is CCC(CC)C1(CNC)CC1. The van der Waals surface area contributed by atoms with Gasteiger partial charge in [-0.25, -0.2) is 0 Å². The quantitative estimate of drug-likeness (QED) is 0.643. The van der Waals surface area contributed by atoms with Crippen LogP contribution in [0.5, 0.6) is 0 Å². The Labute approximate surface area is 70.6 Å². The lowest BCUT2D eigenvalue weighted by Gasteiger charge is -2.24. The zero-order valence-electron chi connectivity index (χ0n) is 8.11. The number of hydrogen-bond acceptors (Lipinski definition) is 1. The minimum atomic E-state index is 0.707. The van der Waals surface area contributed by atoms with Crippen LogP contribution < -0.4 is 5.32 Å². The highest BCUT2D eigenvalue weighted by atomic mass is 14.9. The van der Waals surface area contributed by atoms with E-state index in [0.717, 1.165) is 5.92 Å². The van der Waals surface area contributed by atoms with Gasteiger partial charge in [0.2, 0.25) is 0 Å². The molecule has 0 radical (unpaired) electrons. The monoisotopic (exact) mass is 155 g/mol. The lowest BCUT2D eigenvalue weighted by atomic mass is 9.85. The Kier molecular flexibility index (Phi) is 2.94. The van der Waals surface area contributed by atoms with Gasteiger partial charge in [0.15, 0.2) is 0 Å². The van der Waals surface area contributed by atoms with Gasteiger partial charge in [0.1, 0.15) is 0 Å². The second-order valence-electron chi connectivity index (χ2n) is 3.91. The van der Waals surface area contributed by atoms with Crippen LogP contribution in [-0.2, 0) is 0 Å². The third kappa shape index (κ3) is 1.76. The maximum atomic E-state index is 3.32. The highest BCUT2D eigenvalue weighted by Gasteiger charge is 2.46. The van der Waals surface area contributed by atoms with Crippen LogP contribution in [0, 0.1) is 11.3 Å². The Hall–Kier alpha value is -0.0400. The van der Waals surface area contributed by atoms with Gasteiger partial charge < -0.3 is 5.32 Å². The molecule has 1 fully saturated rings. The van der Waals surface area contributed by atoms with Crippen LogP contribution in [0.3, 0.4) is 0 Å². The normalized spacial score (nSPS) is 20.7. The third-order valence-electron chi connectivity index (χ3n) is 3.27. The molecule has 0 bridgehead atoms. The van der Waals surface area contributed by atoms with E-state index in [1.807, 2.05) is 0 Å². The first-order chi connectivity index (χ1) is 5.29. The molecule has 0 aromatic carbocycles. The number of rotatable bonds is 5. The first kappa shape index (κ1) is 9.05. The van der Waals surface area contributed by atoms with Gasteiger partial charge in [0, 0.05) is 6.54 Å². The number of nitrogens with one attached hydrogen (secondary N) is 1. The highest BCUT2D eigenvalue weighted by Crippen LogP contribution is 2.53. The van der Waals surface area contributed by atoms with Gasteiger partial charge in [-0.1, -0.05) is 26.7 Å². The molecule has 1 saturated carbocycles. The summed E-state index contributed by atoms with van der Waals surface area (Å²) in [7, 11) is 2.07. The van der Waals surface area contributed by atoms with Crippen LogP contribution in [0.25, 0.3) is 0 Å². The molecule has 0 unspecified atom stereocenters. The van der Waals surface area contributed by atoms with Crippen molar-refractivity contribution < 1.29 is 0 Å². The van der Waals surface area contributed by atoms with Crippen molar-refractivity contribution in [2.75, 3.05) is 13.6 Å². The lowest BCUT2D eigenvalue weighted by molar-refractivity contribution is 0.282. The van der Waals surface area contributed by atoms with E-state index >= 15 is 0 Å². The third-order valence-corrected chi connectivity index (χ3v) is 3.27. The maximum absolute atomic E-state index is 3.32. The van der Waals surface area contributed by atoms with E-state index in [1.165, 1.54) is 32.2 Å². The van der Waals surface area contributed by atoms with Crippen LogP contribution in [-0.4, -0.2) is 13.6 Å².